The van der Waals surface area contributed by atoms with Gasteiger partial charge in [-0.1, -0.05) is 31.0 Å². The van der Waals surface area contributed by atoms with Crippen LogP contribution < -0.4 is 5.32 Å². The summed E-state index contributed by atoms with van der Waals surface area (Å²) in [5.74, 6) is -0.249. The van der Waals surface area contributed by atoms with Gasteiger partial charge in [-0.15, -0.1) is 0 Å². The van der Waals surface area contributed by atoms with Crippen molar-refractivity contribution in [2.24, 2.45) is 0 Å². The van der Waals surface area contributed by atoms with E-state index in [1.165, 1.54) is 9.21 Å². The lowest BCUT2D eigenvalue weighted by molar-refractivity contribution is -0.134. The standard InChI is InChI=1S/C21H28N4O5S/c26-18(9-6-12-25-19(27)21(22-20(25)28)10-4-5-11-21)23-13-15-24(16-14-23)31(29,30)17-7-2-1-3-8-17/h1-3,7-8H,4-6,9-16H2,(H,22,28). The number of hydrogen-bond donors (Lipinski definition) is 1. The van der Waals surface area contributed by atoms with Crippen LogP contribution in [0.25, 0.3) is 0 Å². The monoisotopic (exact) mass is 448 g/mol. The van der Waals surface area contributed by atoms with Crippen molar-refractivity contribution in [1.82, 2.24) is 19.4 Å². The van der Waals surface area contributed by atoms with Gasteiger partial charge in [-0.05, 0) is 31.4 Å². The molecule has 2 aliphatic heterocycles. The van der Waals surface area contributed by atoms with Gasteiger partial charge in [-0.25, -0.2) is 13.2 Å². The lowest BCUT2D eigenvalue weighted by Crippen LogP contribution is -2.50. The first-order valence-corrected chi connectivity index (χ1v) is 12.2. The largest absolute Gasteiger partial charge is 0.340 e. The second-order valence-electron chi connectivity index (χ2n) is 8.38. The molecule has 3 fully saturated rings. The highest BCUT2D eigenvalue weighted by molar-refractivity contribution is 7.89. The van der Waals surface area contributed by atoms with Gasteiger partial charge in [0.25, 0.3) is 5.91 Å². The first-order valence-electron chi connectivity index (χ1n) is 10.8. The molecule has 2 heterocycles. The summed E-state index contributed by atoms with van der Waals surface area (Å²) in [7, 11) is -3.56. The zero-order valence-corrected chi connectivity index (χ0v) is 18.3. The van der Waals surface area contributed by atoms with E-state index in [-0.39, 0.29) is 48.8 Å². The first kappa shape index (κ1) is 21.8. The molecule has 0 radical (unpaired) electrons. The molecule has 1 aromatic carbocycles. The summed E-state index contributed by atoms with van der Waals surface area (Å²) in [4.78, 5) is 40.6. The van der Waals surface area contributed by atoms with Gasteiger partial charge in [0.05, 0.1) is 4.90 Å². The maximum Gasteiger partial charge on any atom is 0.325 e. The molecule has 0 bridgehead atoms. The normalized spacial score (nSPS) is 21.7. The van der Waals surface area contributed by atoms with Crippen molar-refractivity contribution in [2.45, 2.75) is 49.0 Å². The number of nitrogens with one attached hydrogen (secondary N) is 1. The predicted molar refractivity (Wildman–Crippen MR) is 112 cm³/mol. The Kier molecular flexibility index (Phi) is 6.02. The Morgan fingerprint density at radius 2 is 1.65 bits per heavy atom. The summed E-state index contributed by atoms with van der Waals surface area (Å²) >= 11 is 0. The highest BCUT2D eigenvalue weighted by Gasteiger charge is 2.52. The molecule has 1 aromatic rings. The molecule has 1 spiro atoms. The minimum Gasteiger partial charge on any atom is -0.340 e. The number of nitrogens with zero attached hydrogens (tertiary/aromatic N) is 3. The third kappa shape index (κ3) is 4.18. The number of sulfonamides is 1. The van der Waals surface area contributed by atoms with Gasteiger partial charge in [-0.3, -0.25) is 14.5 Å². The number of hydrogen-bond acceptors (Lipinski definition) is 5. The van der Waals surface area contributed by atoms with E-state index in [2.05, 4.69) is 5.32 Å². The van der Waals surface area contributed by atoms with Gasteiger partial charge in [0, 0.05) is 39.1 Å². The maximum atomic E-state index is 12.7. The highest BCUT2D eigenvalue weighted by atomic mass is 32.2. The van der Waals surface area contributed by atoms with E-state index >= 15 is 0 Å². The Labute approximate surface area is 182 Å². The molecule has 9 nitrogen and oxygen atoms in total. The average Bonchev–Trinajstić information content (AvgIpc) is 3.34. The Bertz CT molecular complexity index is 951. The Balaban J connectivity index is 1.25. The van der Waals surface area contributed by atoms with E-state index in [1.54, 1.807) is 35.2 Å². The summed E-state index contributed by atoms with van der Waals surface area (Å²) in [5, 5.41) is 2.84. The molecule has 168 valence electrons. The van der Waals surface area contributed by atoms with Crippen molar-refractivity contribution < 1.29 is 22.8 Å². The van der Waals surface area contributed by atoms with Crippen molar-refractivity contribution in [2.75, 3.05) is 32.7 Å². The number of piperazine rings is 1. The summed E-state index contributed by atoms with van der Waals surface area (Å²) in [6, 6.07) is 7.91. The van der Waals surface area contributed by atoms with E-state index in [1.807, 2.05) is 0 Å². The van der Waals surface area contributed by atoms with Crippen LogP contribution in [-0.4, -0.2) is 78.6 Å². The molecule has 0 atom stereocenters. The van der Waals surface area contributed by atoms with Crippen molar-refractivity contribution in [1.29, 1.82) is 0 Å². The first-order chi connectivity index (χ1) is 14.8. The summed E-state index contributed by atoms with van der Waals surface area (Å²) in [5.41, 5.74) is -0.721. The third-order valence-corrected chi connectivity index (χ3v) is 8.36. The Hall–Kier alpha value is -2.46. The van der Waals surface area contributed by atoms with Crippen molar-refractivity contribution >= 4 is 27.9 Å². The van der Waals surface area contributed by atoms with Crippen LogP contribution >= 0.6 is 0 Å². The fraction of sp³-hybridized carbons (Fsp3) is 0.571. The number of benzene rings is 1. The van der Waals surface area contributed by atoms with Crippen LogP contribution in [-0.2, 0) is 19.6 Å². The maximum absolute atomic E-state index is 12.7. The van der Waals surface area contributed by atoms with Crippen LogP contribution in [0.1, 0.15) is 38.5 Å². The number of urea groups is 1. The van der Waals surface area contributed by atoms with Crippen LogP contribution in [0.2, 0.25) is 0 Å². The van der Waals surface area contributed by atoms with E-state index in [0.29, 0.717) is 32.4 Å². The van der Waals surface area contributed by atoms with Gasteiger partial charge in [0.1, 0.15) is 5.54 Å². The van der Waals surface area contributed by atoms with Crippen molar-refractivity contribution in [3.63, 3.8) is 0 Å². The fourth-order valence-electron chi connectivity index (χ4n) is 4.66. The van der Waals surface area contributed by atoms with Crippen molar-refractivity contribution in [3.05, 3.63) is 30.3 Å². The number of carbonyl (C=O) groups is 3. The molecule has 1 N–H and O–H groups in total. The van der Waals surface area contributed by atoms with Gasteiger partial charge in [-0.2, -0.15) is 4.31 Å². The second-order valence-corrected chi connectivity index (χ2v) is 10.3. The molecule has 0 unspecified atom stereocenters. The van der Waals surface area contributed by atoms with Gasteiger partial charge < -0.3 is 10.2 Å². The van der Waals surface area contributed by atoms with Crippen LogP contribution in [0.4, 0.5) is 4.79 Å². The summed E-state index contributed by atoms with van der Waals surface area (Å²) in [6.07, 6.45) is 3.85. The Morgan fingerprint density at radius 1 is 1.00 bits per heavy atom. The molecule has 10 heteroatoms. The number of rotatable bonds is 6. The molecular formula is C21H28N4O5S. The number of carbonyl (C=O) groups excluding carboxylic acids is 3. The molecular weight excluding hydrogens is 420 g/mol. The SMILES string of the molecule is O=C(CCCN1C(=O)NC2(CCCC2)C1=O)N1CCN(S(=O)(=O)c2ccccc2)CC1. The smallest absolute Gasteiger partial charge is 0.325 e. The minimum atomic E-state index is -3.56. The van der Waals surface area contributed by atoms with E-state index in [4.69, 9.17) is 0 Å². The minimum absolute atomic E-state index is 0.0839. The lowest BCUT2D eigenvalue weighted by atomic mass is 9.98. The predicted octanol–water partition coefficient (Wildman–Crippen LogP) is 1.16. The Morgan fingerprint density at radius 3 is 2.29 bits per heavy atom. The fourth-order valence-corrected chi connectivity index (χ4v) is 6.11. The second kappa shape index (κ2) is 8.58. The average molecular weight is 449 g/mol. The van der Waals surface area contributed by atoms with Gasteiger partial charge in [0.2, 0.25) is 15.9 Å². The molecule has 0 aromatic heterocycles. The highest BCUT2D eigenvalue weighted by Crippen LogP contribution is 2.35. The molecule has 4 rings (SSSR count). The number of imide groups is 1. The molecule has 2 saturated heterocycles. The van der Waals surface area contributed by atoms with Crippen LogP contribution in [0.5, 0.6) is 0 Å². The zero-order chi connectivity index (χ0) is 22.1. The zero-order valence-electron chi connectivity index (χ0n) is 17.5. The van der Waals surface area contributed by atoms with Gasteiger partial charge in [0.15, 0.2) is 0 Å². The van der Waals surface area contributed by atoms with Crippen molar-refractivity contribution in [3.8, 4) is 0 Å². The van der Waals surface area contributed by atoms with E-state index in [9.17, 15) is 22.8 Å². The van der Waals surface area contributed by atoms with Crippen LogP contribution in [0.3, 0.4) is 0 Å². The van der Waals surface area contributed by atoms with Crippen LogP contribution in [0.15, 0.2) is 35.2 Å². The molecule has 1 aliphatic carbocycles. The number of amides is 4. The topological polar surface area (TPSA) is 107 Å². The lowest BCUT2D eigenvalue weighted by Gasteiger charge is -2.34. The molecule has 1 saturated carbocycles. The molecule has 31 heavy (non-hydrogen) atoms. The van der Waals surface area contributed by atoms with Crippen LogP contribution in [0, 0.1) is 0 Å². The molecule has 3 aliphatic rings. The van der Waals surface area contributed by atoms with Gasteiger partial charge >= 0.3 is 6.03 Å². The summed E-state index contributed by atoms with van der Waals surface area (Å²) < 4.78 is 26.8. The molecule has 4 amide bonds. The van der Waals surface area contributed by atoms with E-state index < -0.39 is 15.6 Å². The van der Waals surface area contributed by atoms with E-state index in [0.717, 1.165) is 12.8 Å². The quantitative estimate of drug-likeness (QED) is 0.658. The summed E-state index contributed by atoms with van der Waals surface area (Å²) in [6.45, 7) is 1.38. The third-order valence-electron chi connectivity index (χ3n) is 6.45.